The summed E-state index contributed by atoms with van der Waals surface area (Å²) in [6, 6.07) is 18.7. The molecule has 168 valence electrons. The van der Waals surface area contributed by atoms with E-state index in [9.17, 15) is 17.6 Å². The van der Waals surface area contributed by atoms with E-state index in [1.165, 1.54) is 48.5 Å². The van der Waals surface area contributed by atoms with Crippen molar-refractivity contribution in [1.82, 2.24) is 9.88 Å². The average Bonchev–Trinajstić information content (AvgIpc) is 3.47. The number of anilines is 1. The zero-order chi connectivity index (χ0) is 23.0. The Hall–Kier alpha value is -3.30. The van der Waals surface area contributed by atoms with Crippen LogP contribution in [0.25, 0.3) is 10.2 Å². The summed E-state index contributed by atoms with van der Waals surface area (Å²) >= 11 is 1.60. The second-order valence-corrected chi connectivity index (χ2v) is 10.6. The molecular weight excluding hydrogens is 461 g/mol. The van der Waals surface area contributed by atoms with Crippen molar-refractivity contribution >= 4 is 43.2 Å². The third-order valence-corrected chi connectivity index (χ3v) is 8.15. The lowest BCUT2D eigenvalue weighted by atomic mass is 10.1. The van der Waals surface area contributed by atoms with Crippen LogP contribution in [0.2, 0.25) is 0 Å². The van der Waals surface area contributed by atoms with Crippen LogP contribution < -0.4 is 4.72 Å². The molecule has 0 spiro atoms. The van der Waals surface area contributed by atoms with Crippen LogP contribution in [0.4, 0.5) is 10.1 Å². The predicted octanol–water partition coefficient (Wildman–Crippen LogP) is 5.21. The van der Waals surface area contributed by atoms with Gasteiger partial charge in [0.1, 0.15) is 10.8 Å². The smallest absolute Gasteiger partial charge is 0.261 e. The molecule has 1 aliphatic heterocycles. The highest BCUT2D eigenvalue weighted by molar-refractivity contribution is 7.92. The molecule has 5 rings (SSSR count). The first-order chi connectivity index (χ1) is 15.9. The molecular formula is C24H20FN3O3S2. The minimum atomic E-state index is -3.86. The quantitative estimate of drug-likeness (QED) is 0.424. The van der Waals surface area contributed by atoms with Gasteiger partial charge in [-0.05, 0) is 73.5 Å². The molecule has 1 aliphatic rings. The molecule has 1 N–H and O–H groups in total. The number of rotatable bonds is 5. The molecule has 1 atom stereocenters. The Labute approximate surface area is 194 Å². The number of hydrogen-bond acceptors (Lipinski definition) is 5. The number of thiazole rings is 1. The van der Waals surface area contributed by atoms with E-state index in [1.807, 2.05) is 29.2 Å². The van der Waals surface area contributed by atoms with Crippen LogP contribution in [0.3, 0.4) is 0 Å². The number of likely N-dealkylation sites (tertiary alicyclic amines) is 1. The van der Waals surface area contributed by atoms with E-state index in [0.29, 0.717) is 12.1 Å². The lowest BCUT2D eigenvalue weighted by molar-refractivity contribution is 0.0735. The Bertz CT molecular complexity index is 1380. The van der Waals surface area contributed by atoms with Crippen molar-refractivity contribution in [3.63, 3.8) is 0 Å². The van der Waals surface area contributed by atoms with Crippen LogP contribution in [-0.4, -0.2) is 30.8 Å². The van der Waals surface area contributed by atoms with E-state index >= 15 is 0 Å². The van der Waals surface area contributed by atoms with Gasteiger partial charge in [0.2, 0.25) is 0 Å². The molecule has 1 fully saturated rings. The zero-order valence-electron chi connectivity index (χ0n) is 17.4. The fourth-order valence-corrected chi connectivity index (χ4v) is 6.15. The molecule has 1 unspecified atom stereocenters. The first-order valence-electron chi connectivity index (χ1n) is 10.5. The van der Waals surface area contributed by atoms with E-state index in [-0.39, 0.29) is 22.5 Å². The standard InChI is InChI=1S/C24H20FN3O3S2/c25-17-9-11-18(12-10-17)27-33(30,31)19-13-7-16(8-14-19)24(29)28-15-3-5-21(28)23-26-20-4-1-2-6-22(20)32-23/h1-2,4,6-14,21,27H,3,5,15H2. The minimum absolute atomic E-state index is 0.0209. The fourth-order valence-electron chi connectivity index (χ4n) is 3.97. The number of amides is 1. The van der Waals surface area contributed by atoms with E-state index in [1.54, 1.807) is 11.3 Å². The first kappa shape index (κ1) is 21.5. The average molecular weight is 482 g/mol. The Balaban J connectivity index is 1.35. The van der Waals surface area contributed by atoms with Crippen LogP contribution >= 0.6 is 11.3 Å². The number of nitrogens with zero attached hydrogens (tertiary/aromatic N) is 2. The number of nitrogens with one attached hydrogen (secondary N) is 1. The van der Waals surface area contributed by atoms with Gasteiger partial charge >= 0.3 is 0 Å². The van der Waals surface area contributed by atoms with E-state index < -0.39 is 15.8 Å². The minimum Gasteiger partial charge on any atom is -0.329 e. The summed E-state index contributed by atoms with van der Waals surface area (Å²) < 4.78 is 41.8. The summed E-state index contributed by atoms with van der Waals surface area (Å²) in [6.07, 6.45) is 1.74. The summed E-state index contributed by atoms with van der Waals surface area (Å²) in [4.78, 5) is 19.8. The van der Waals surface area contributed by atoms with Crippen LogP contribution in [0.5, 0.6) is 0 Å². The van der Waals surface area contributed by atoms with Gasteiger partial charge in [-0.25, -0.2) is 17.8 Å². The second-order valence-electron chi connectivity index (χ2n) is 7.81. The number of aromatic nitrogens is 1. The van der Waals surface area contributed by atoms with E-state index in [0.717, 1.165) is 28.1 Å². The summed E-state index contributed by atoms with van der Waals surface area (Å²) in [5, 5.41) is 0.921. The van der Waals surface area contributed by atoms with E-state index in [2.05, 4.69) is 4.72 Å². The second kappa shape index (κ2) is 8.57. The number of sulfonamides is 1. The highest BCUT2D eigenvalue weighted by atomic mass is 32.2. The molecule has 1 amide bonds. The van der Waals surface area contributed by atoms with Gasteiger partial charge in [-0.15, -0.1) is 11.3 Å². The predicted molar refractivity (Wildman–Crippen MR) is 126 cm³/mol. The van der Waals surface area contributed by atoms with Gasteiger partial charge in [-0.3, -0.25) is 9.52 Å². The molecule has 3 aromatic carbocycles. The van der Waals surface area contributed by atoms with Crippen molar-refractivity contribution in [2.45, 2.75) is 23.8 Å². The maximum absolute atomic E-state index is 13.2. The number of benzene rings is 3. The maximum Gasteiger partial charge on any atom is 0.261 e. The van der Waals surface area contributed by atoms with Crippen molar-refractivity contribution < 1.29 is 17.6 Å². The van der Waals surface area contributed by atoms with Crippen LogP contribution in [0.1, 0.15) is 34.2 Å². The van der Waals surface area contributed by atoms with Gasteiger partial charge in [0.25, 0.3) is 15.9 Å². The number of hydrogen-bond donors (Lipinski definition) is 1. The Morgan fingerprint density at radius 2 is 1.76 bits per heavy atom. The number of halogens is 1. The largest absolute Gasteiger partial charge is 0.329 e. The van der Waals surface area contributed by atoms with Crippen LogP contribution in [-0.2, 0) is 10.0 Å². The van der Waals surface area contributed by atoms with Gasteiger partial charge in [0.05, 0.1) is 21.2 Å². The number of carbonyl (C=O) groups excluding carboxylic acids is 1. The van der Waals surface area contributed by atoms with Crippen molar-refractivity contribution in [1.29, 1.82) is 0 Å². The first-order valence-corrected chi connectivity index (χ1v) is 12.8. The highest BCUT2D eigenvalue weighted by Crippen LogP contribution is 2.37. The van der Waals surface area contributed by atoms with Gasteiger partial charge in [0, 0.05) is 17.8 Å². The van der Waals surface area contributed by atoms with Crippen LogP contribution in [0.15, 0.2) is 77.7 Å². The molecule has 2 heterocycles. The van der Waals surface area contributed by atoms with E-state index in [4.69, 9.17) is 4.98 Å². The number of carbonyl (C=O) groups is 1. The summed E-state index contributed by atoms with van der Waals surface area (Å²) in [7, 11) is -3.86. The lowest BCUT2D eigenvalue weighted by Gasteiger charge is -2.23. The molecule has 0 aliphatic carbocycles. The monoisotopic (exact) mass is 481 g/mol. The molecule has 33 heavy (non-hydrogen) atoms. The summed E-state index contributed by atoms with van der Waals surface area (Å²) in [6.45, 7) is 0.631. The summed E-state index contributed by atoms with van der Waals surface area (Å²) in [5.74, 6) is -0.598. The molecule has 0 radical (unpaired) electrons. The van der Waals surface area contributed by atoms with Gasteiger partial charge in [0.15, 0.2) is 0 Å². The third kappa shape index (κ3) is 4.34. The normalized spacial score (nSPS) is 16.3. The van der Waals surface area contributed by atoms with Crippen molar-refractivity contribution in [2.75, 3.05) is 11.3 Å². The molecule has 9 heteroatoms. The summed E-state index contributed by atoms with van der Waals surface area (Å²) in [5.41, 5.74) is 1.61. The van der Waals surface area contributed by atoms with Crippen molar-refractivity contribution in [3.8, 4) is 0 Å². The van der Waals surface area contributed by atoms with Crippen LogP contribution in [0, 0.1) is 5.82 Å². The number of para-hydroxylation sites is 1. The Morgan fingerprint density at radius 1 is 1.03 bits per heavy atom. The molecule has 0 saturated carbocycles. The topological polar surface area (TPSA) is 79.4 Å². The third-order valence-electron chi connectivity index (χ3n) is 5.62. The highest BCUT2D eigenvalue weighted by Gasteiger charge is 2.33. The number of fused-ring (bicyclic) bond motifs is 1. The molecule has 1 aromatic heterocycles. The van der Waals surface area contributed by atoms with Crippen molar-refractivity contribution in [2.24, 2.45) is 0 Å². The van der Waals surface area contributed by atoms with Gasteiger partial charge < -0.3 is 4.90 Å². The molecule has 4 aromatic rings. The molecule has 6 nitrogen and oxygen atoms in total. The lowest BCUT2D eigenvalue weighted by Crippen LogP contribution is -2.30. The van der Waals surface area contributed by atoms with Gasteiger partial charge in [-0.1, -0.05) is 12.1 Å². The zero-order valence-corrected chi connectivity index (χ0v) is 19.1. The van der Waals surface area contributed by atoms with Gasteiger partial charge in [-0.2, -0.15) is 0 Å². The SMILES string of the molecule is O=C(c1ccc(S(=O)(=O)Nc2ccc(F)cc2)cc1)N1CCCC1c1nc2ccccc2s1. The molecule has 1 saturated heterocycles. The molecule has 0 bridgehead atoms. The Morgan fingerprint density at radius 3 is 2.48 bits per heavy atom. The fraction of sp³-hybridized carbons (Fsp3) is 0.167. The Kier molecular flexibility index (Phi) is 5.59. The van der Waals surface area contributed by atoms with Crippen molar-refractivity contribution in [3.05, 3.63) is 89.2 Å². The maximum atomic E-state index is 13.2.